The Morgan fingerprint density at radius 1 is 1.25 bits per heavy atom. The molecule has 1 aliphatic rings. The van der Waals surface area contributed by atoms with E-state index in [1.807, 2.05) is 6.92 Å². The Labute approximate surface area is 136 Å². The molecule has 3 rings (SSSR count). The van der Waals surface area contributed by atoms with E-state index in [0.717, 1.165) is 17.8 Å². The normalized spacial score (nSPS) is 15.1. The molecule has 1 aromatic carbocycles. The maximum Gasteiger partial charge on any atom is 0.416 e. The lowest BCUT2D eigenvalue weighted by molar-refractivity contribution is -0.137. The first-order valence-corrected chi connectivity index (χ1v) is 7.39. The second kappa shape index (κ2) is 6.14. The van der Waals surface area contributed by atoms with Gasteiger partial charge < -0.3 is 9.64 Å². The van der Waals surface area contributed by atoms with E-state index in [2.05, 4.69) is 4.98 Å². The van der Waals surface area contributed by atoms with Gasteiger partial charge in [0.25, 0.3) is 5.91 Å². The number of carbonyl (C=O) groups excluding carboxylic acids is 1. The summed E-state index contributed by atoms with van der Waals surface area (Å²) in [5.41, 5.74) is 0.0284. The van der Waals surface area contributed by atoms with Gasteiger partial charge in [0.1, 0.15) is 11.9 Å². The zero-order valence-corrected chi connectivity index (χ0v) is 12.9. The van der Waals surface area contributed by atoms with Crippen LogP contribution in [0.15, 0.2) is 42.6 Å². The first-order chi connectivity index (χ1) is 11.3. The van der Waals surface area contributed by atoms with Crippen molar-refractivity contribution in [2.75, 3.05) is 13.1 Å². The molecule has 4 nitrogen and oxygen atoms in total. The maximum atomic E-state index is 12.7. The van der Waals surface area contributed by atoms with Gasteiger partial charge in [-0.2, -0.15) is 13.2 Å². The van der Waals surface area contributed by atoms with Crippen molar-refractivity contribution in [3.63, 3.8) is 0 Å². The lowest BCUT2D eigenvalue weighted by atomic mass is 10.1. The number of carbonyl (C=O) groups is 1. The number of aromatic nitrogens is 1. The lowest BCUT2D eigenvalue weighted by Crippen LogP contribution is -2.56. The quantitative estimate of drug-likeness (QED) is 0.864. The van der Waals surface area contributed by atoms with E-state index in [-0.39, 0.29) is 11.7 Å². The molecule has 1 fully saturated rings. The van der Waals surface area contributed by atoms with Gasteiger partial charge in [-0.25, -0.2) is 0 Å². The SMILES string of the molecule is Cc1cc(OC2CN(C(=O)c3cccc(C(F)(F)F)c3)C2)ccn1. The number of nitrogens with zero attached hydrogens (tertiary/aromatic N) is 2. The van der Waals surface area contributed by atoms with Crippen LogP contribution in [-0.4, -0.2) is 35.0 Å². The first kappa shape index (κ1) is 16.3. The van der Waals surface area contributed by atoms with Crippen molar-refractivity contribution in [3.8, 4) is 5.75 Å². The van der Waals surface area contributed by atoms with Gasteiger partial charge in [0, 0.05) is 23.5 Å². The Bertz CT molecular complexity index is 755. The predicted octanol–water partition coefficient (Wildman–Crippen LogP) is 3.31. The second-order valence-corrected chi connectivity index (χ2v) is 5.66. The third kappa shape index (κ3) is 3.50. The number of aryl methyl sites for hydroxylation is 1. The van der Waals surface area contributed by atoms with Gasteiger partial charge in [-0.1, -0.05) is 6.07 Å². The number of hydrogen-bond acceptors (Lipinski definition) is 3. The van der Waals surface area contributed by atoms with Crippen LogP contribution in [-0.2, 0) is 6.18 Å². The number of alkyl halides is 3. The van der Waals surface area contributed by atoms with Crippen LogP contribution in [0.3, 0.4) is 0 Å². The van der Waals surface area contributed by atoms with E-state index in [9.17, 15) is 18.0 Å². The summed E-state index contributed by atoms with van der Waals surface area (Å²) in [5, 5.41) is 0. The average Bonchev–Trinajstić information content (AvgIpc) is 2.49. The third-order valence-corrected chi connectivity index (χ3v) is 3.74. The van der Waals surface area contributed by atoms with Crippen LogP contribution in [0, 0.1) is 6.92 Å². The van der Waals surface area contributed by atoms with Crippen LogP contribution >= 0.6 is 0 Å². The molecule has 126 valence electrons. The highest BCUT2D eigenvalue weighted by Crippen LogP contribution is 2.30. The molecule has 0 saturated carbocycles. The number of amides is 1. The summed E-state index contributed by atoms with van der Waals surface area (Å²) in [6, 6.07) is 7.97. The van der Waals surface area contributed by atoms with Crippen LogP contribution in [0.2, 0.25) is 0 Å². The van der Waals surface area contributed by atoms with Gasteiger partial charge in [0.2, 0.25) is 0 Å². The number of hydrogen-bond donors (Lipinski definition) is 0. The summed E-state index contributed by atoms with van der Waals surface area (Å²) in [5.74, 6) is 0.241. The Morgan fingerprint density at radius 3 is 2.67 bits per heavy atom. The smallest absolute Gasteiger partial charge is 0.416 e. The van der Waals surface area contributed by atoms with E-state index in [1.54, 1.807) is 18.3 Å². The zero-order valence-electron chi connectivity index (χ0n) is 12.9. The molecule has 1 aromatic heterocycles. The summed E-state index contributed by atoms with van der Waals surface area (Å²) in [6.45, 7) is 2.53. The minimum absolute atomic E-state index is 0.0306. The van der Waals surface area contributed by atoms with E-state index < -0.39 is 17.6 Å². The first-order valence-electron chi connectivity index (χ1n) is 7.39. The second-order valence-electron chi connectivity index (χ2n) is 5.66. The number of pyridine rings is 1. The Hall–Kier alpha value is -2.57. The zero-order chi connectivity index (χ0) is 17.3. The molecule has 0 N–H and O–H groups in total. The highest BCUT2D eigenvalue weighted by molar-refractivity contribution is 5.95. The van der Waals surface area contributed by atoms with Crippen LogP contribution in [0.4, 0.5) is 13.2 Å². The Morgan fingerprint density at radius 2 is 2.00 bits per heavy atom. The summed E-state index contributed by atoms with van der Waals surface area (Å²) < 4.78 is 43.9. The molecular formula is C17H15F3N2O2. The van der Waals surface area contributed by atoms with E-state index in [1.165, 1.54) is 17.0 Å². The van der Waals surface area contributed by atoms with E-state index >= 15 is 0 Å². The van der Waals surface area contributed by atoms with Gasteiger partial charge in [0.15, 0.2) is 0 Å². The number of rotatable bonds is 3. The van der Waals surface area contributed by atoms with Crippen LogP contribution in [0.5, 0.6) is 5.75 Å². The van der Waals surface area contributed by atoms with Gasteiger partial charge >= 0.3 is 6.18 Å². The molecule has 0 unspecified atom stereocenters. The largest absolute Gasteiger partial charge is 0.487 e. The molecule has 24 heavy (non-hydrogen) atoms. The van der Waals surface area contributed by atoms with Crippen LogP contribution in [0.25, 0.3) is 0 Å². The summed E-state index contributed by atoms with van der Waals surface area (Å²) in [6.07, 6.45) is -2.99. The molecule has 0 atom stereocenters. The van der Waals surface area contributed by atoms with Gasteiger partial charge in [-0.05, 0) is 31.2 Å². The monoisotopic (exact) mass is 336 g/mol. The van der Waals surface area contributed by atoms with Gasteiger partial charge in [-0.3, -0.25) is 9.78 Å². The molecule has 0 radical (unpaired) electrons. The Balaban J connectivity index is 1.61. The van der Waals surface area contributed by atoms with E-state index in [0.29, 0.717) is 18.8 Å². The molecule has 0 aliphatic carbocycles. The molecule has 0 bridgehead atoms. The van der Waals surface area contributed by atoms with Crippen molar-refractivity contribution >= 4 is 5.91 Å². The number of ether oxygens (including phenoxy) is 1. The maximum absolute atomic E-state index is 12.7. The van der Waals surface area contributed by atoms with Crippen molar-refractivity contribution < 1.29 is 22.7 Å². The van der Waals surface area contributed by atoms with Gasteiger partial charge in [-0.15, -0.1) is 0 Å². The summed E-state index contributed by atoms with van der Waals surface area (Å²) >= 11 is 0. The number of halogens is 3. The lowest BCUT2D eigenvalue weighted by Gasteiger charge is -2.39. The molecule has 0 spiro atoms. The fourth-order valence-electron chi connectivity index (χ4n) is 2.47. The highest BCUT2D eigenvalue weighted by atomic mass is 19.4. The average molecular weight is 336 g/mol. The molecule has 1 amide bonds. The summed E-state index contributed by atoms with van der Waals surface area (Å²) in [4.78, 5) is 17.8. The molecule has 2 heterocycles. The number of benzene rings is 1. The highest BCUT2D eigenvalue weighted by Gasteiger charge is 2.35. The fraction of sp³-hybridized carbons (Fsp3) is 0.294. The third-order valence-electron chi connectivity index (χ3n) is 3.74. The minimum atomic E-state index is -4.46. The molecular weight excluding hydrogens is 321 g/mol. The molecule has 1 saturated heterocycles. The van der Waals surface area contributed by atoms with Crippen molar-refractivity contribution in [3.05, 3.63) is 59.4 Å². The van der Waals surface area contributed by atoms with Crippen molar-refractivity contribution in [1.29, 1.82) is 0 Å². The topological polar surface area (TPSA) is 42.4 Å². The minimum Gasteiger partial charge on any atom is -0.487 e. The fourth-order valence-corrected chi connectivity index (χ4v) is 2.47. The Kier molecular flexibility index (Phi) is 4.17. The van der Waals surface area contributed by atoms with Crippen LogP contribution < -0.4 is 4.74 Å². The molecule has 7 heteroatoms. The van der Waals surface area contributed by atoms with Crippen molar-refractivity contribution in [2.24, 2.45) is 0 Å². The predicted molar refractivity (Wildman–Crippen MR) is 80.7 cm³/mol. The van der Waals surface area contributed by atoms with E-state index in [4.69, 9.17) is 4.74 Å². The standard InChI is InChI=1S/C17H15F3N2O2/c1-11-7-14(5-6-21-11)24-15-9-22(10-15)16(23)12-3-2-4-13(8-12)17(18,19)20/h2-8,15H,9-10H2,1H3. The van der Waals surface area contributed by atoms with Crippen molar-refractivity contribution in [1.82, 2.24) is 9.88 Å². The molecule has 2 aromatic rings. The van der Waals surface area contributed by atoms with Gasteiger partial charge in [0.05, 0.1) is 18.7 Å². The number of likely N-dealkylation sites (tertiary alicyclic amines) is 1. The van der Waals surface area contributed by atoms with Crippen LogP contribution in [0.1, 0.15) is 21.6 Å². The van der Waals surface area contributed by atoms with Crippen molar-refractivity contribution in [2.45, 2.75) is 19.2 Å². The molecule has 1 aliphatic heterocycles. The summed E-state index contributed by atoms with van der Waals surface area (Å²) in [7, 11) is 0.